The first kappa shape index (κ1) is 18.5. The molecule has 2 heterocycles. The molecule has 0 bridgehead atoms. The first-order valence-electron chi connectivity index (χ1n) is 10.1. The molecule has 146 valence electrons. The van der Waals surface area contributed by atoms with Gasteiger partial charge in [-0.05, 0) is 55.0 Å². The van der Waals surface area contributed by atoms with E-state index in [0.717, 1.165) is 49.2 Å². The molecule has 0 unspecified atom stereocenters. The fourth-order valence-corrected chi connectivity index (χ4v) is 4.17. The quantitative estimate of drug-likeness (QED) is 0.887. The Morgan fingerprint density at radius 2 is 1.82 bits per heavy atom. The van der Waals surface area contributed by atoms with Crippen molar-refractivity contribution in [1.82, 2.24) is 5.32 Å². The fraction of sp³-hybridized carbons (Fsp3) is 0.391. The summed E-state index contributed by atoms with van der Waals surface area (Å²) in [6, 6.07) is 13.9. The van der Waals surface area contributed by atoms with Gasteiger partial charge in [-0.2, -0.15) is 0 Å². The number of nitrogens with one attached hydrogen (secondary N) is 1. The highest BCUT2D eigenvalue weighted by atomic mass is 16.2. The maximum Gasteiger partial charge on any atom is 0.251 e. The first-order chi connectivity index (χ1) is 13.6. The molecule has 0 aromatic heterocycles. The van der Waals surface area contributed by atoms with Crippen LogP contribution in [0, 0.1) is 0 Å². The van der Waals surface area contributed by atoms with E-state index in [1.165, 1.54) is 5.56 Å². The van der Waals surface area contributed by atoms with Crippen LogP contribution in [0.25, 0.3) is 0 Å². The maximum atomic E-state index is 12.8. The van der Waals surface area contributed by atoms with Gasteiger partial charge in [-0.1, -0.05) is 31.2 Å². The number of amides is 2. The number of carbonyl (C=O) groups is 2. The zero-order chi connectivity index (χ0) is 19.7. The Balaban J connectivity index is 1.51. The second kappa shape index (κ2) is 7.66. The molecule has 2 amide bonds. The van der Waals surface area contributed by atoms with Gasteiger partial charge in [0.2, 0.25) is 5.91 Å². The Labute approximate surface area is 166 Å². The highest BCUT2D eigenvalue weighted by molar-refractivity contribution is 6.07. The summed E-state index contributed by atoms with van der Waals surface area (Å²) < 4.78 is 0. The summed E-state index contributed by atoms with van der Waals surface area (Å²) in [6.45, 7) is 3.51. The van der Waals surface area contributed by atoms with Crippen molar-refractivity contribution in [3.63, 3.8) is 0 Å². The summed E-state index contributed by atoms with van der Waals surface area (Å²) in [6.07, 6.45) is 4.11. The predicted octanol–water partition coefficient (Wildman–Crippen LogP) is 3.51. The molecular formula is C23H27N3O2. The van der Waals surface area contributed by atoms with Crippen molar-refractivity contribution in [1.29, 1.82) is 0 Å². The number of piperidine rings is 1. The van der Waals surface area contributed by atoms with Crippen molar-refractivity contribution >= 4 is 23.2 Å². The van der Waals surface area contributed by atoms with E-state index in [1.54, 1.807) is 4.90 Å². The summed E-state index contributed by atoms with van der Waals surface area (Å²) in [5.41, 5.74) is 4.82. The molecule has 1 saturated heterocycles. The minimum atomic E-state index is -0.121. The number of nitrogens with zero attached hydrogens (tertiary/aromatic N) is 2. The Bertz CT molecular complexity index is 891. The molecule has 2 aromatic carbocycles. The first-order valence-corrected chi connectivity index (χ1v) is 10.1. The Morgan fingerprint density at radius 1 is 1.07 bits per heavy atom. The number of carbonyl (C=O) groups excluding carboxylic acids is 2. The number of benzene rings is 2. The van der Waals surface area contributed by atoms with Crippen LogP contribution in [-0.4, -0.2) is 31.4 Å². The third kappa shape index (κ3) is 3.37. The van der Waals surface area contributed by atoms with Gasteiger partial charge in [0.25, 0.3) is 5.91 Å². The molecule has 0 saturated carbocycles. The lowest BCUT2D eigenvalue weighted by Crippen LogP contribution is -2.54. The standard InChI is InChI=1S/C23H27N3O2/c1-3-16-7-9-17(10-8-16)15-24-22(27)18-11-12-19-21(14-18)25(2)23(28)20-6-4-5-13-26(19)20/h7-12,14,20H,3-6,13,15H2,1-2H3,(H,24,27)/t20-/m1/s1. The van der Waals surface area contributed by atoms with Crippen LogP contribution >= 0.6 is 0 Å². The second-order valence-electron chi connectivity index (χ2n) is 7.66. The highest BCUT2D eigenvalue weighted by Gasteiger charge is 2.37. The van der Waals surface area contributed by atoms with E-state index in [0.29, 0.717) is 12.1 Å². The summed E-state index contributed by atoms with van der Waals surface area (Å²) >= 11 is 0. The maximum absolute atomic E-state index is 12.8. The van der Waals surface area contributed by atoms with Crippen LogP contribution in [0.1, 0.15) is 47.7 Å². The van der Waals surface area contributed by atoms with Crippen LogP contribution in [0.15, 0.2) is 42.5 Å². The van der Waals surface area contributed by atoms with Gasteiger partial charge in [0.15, 0.2) is 0 Å². The molecule has 0 spiro atoms. The molecule has 5 heteroatoms. The van der Waals surface area contributed by atoms with Gasteiger partial charge >= 0.3 is 0 Å². The zero-order valence-electron chi connectivity index (χ0n) is 16.6. The number of hydrogen-bond acceptors (Lipinski definition) is 3. The van der Waals surface area contributed by atoms with E-state index in [2.05, 4.69) is 41.4 Å². The lowest BCUT2D eigenvalue weighted by atomic mass is 9.96. The number of aryl methyl sites for hydroxylation is 1. The zero-order valence-corrected chi connectivity index (χ0v) is 16.6. The van der Waals surface area contributed by atoms with Crippen LogP contribution in [0.2, 0.25) is 0 Å². The largest absolute Gasteiger partial charge is 0.358 e. The Kier molecular flexibility index (Phi) is 5.07. The van der Waals surface area contributed by atoms with Gasteiger partial charge in [-0.15, -0.1) is 0 Å². The smallest absolute Gasteiger partial charge is 0.251 e. The fourth-order valence-electron chi connectivity index (χ4n) is 4.17. The average Bonchev–Trinajstić information content (AvgIpc) is 2.75. The topological polar surface area (TPSA) is 52.7 Å². The number of hydrogen-bond donors (Lipinski definition) is 1. The molecule has 0 radical (unpaired) electrons. The van der Waals surface area contributed by atoms with Crippen LogP contribution < -0.4 is 15.1 Å². The summed E-state index contributed by atoms with van der Waals surface area (Å²) in [5, 5.41) is 2.99. The number of fused-ring (bicyclic) bond motifs is 3. The Morgan fingerprint density at radius 3 is 2.57 bits per heavy atom. The minimum Gasteiger partial charge on any atom is -0.358 e. The summed E-state index contributed by atoms with van der Waals surface area (Å²) in [4.78, 5) is 29.3. The molecule has 1 N–H and O–H groups in total. The number of anilines is 2. The van der Waals surface area contributed by atoms with E-state index in [9.17, 15) is 9.59 Å². The van der Waals surface area contributed by atoms with Crippen LogP contribution in [-0.2, 0) is 17.8 Å². The monoisotopic (exact) mass is 377 g/mol. The molecule has 2 aliphatic heterocycles. The molecule has 2 aromatic rings. The van der Waals surface area contributed by atoms with Crippen molar-refractivity contribution in [2.24, 2.45) is 0 Å². The normalized spacial score (nSPS) is 18.5. The predicted molar refractivity (Wildman–Crippen MR) is 112 cm³/mol. The SMILES string of the molecule is CCc1ccc(CNC(=O)c2ccc3c(c2)N(C)C(=O)[C@H]2CCCCN32)cc1. The van der Waals surface area contributed by atoms with Gasteiger partial charge in [-0.25, -0.2) is 0 Å². The van der Waals surface area contributed by atoms with E-state index in [4.69, 9.17) is 0 Å². The Hall–Kier alpha value is -2.82. The van der Waals surface area contributed by atoms with E-state index in [1.807, 2.05) is 25.2 Å². The summed E-state index contributed by atoms with van der Waals surface area (Å²) in [7, 11) is 1.81. The lowest BCUT2D eigenvalue weighted by Gasteiger charge is -2.44. The van der Waals surface area contributed by atoms with E-state index in [-0.39, 0.29) is 17.9 Å². The van der Waals surface area contributed by atoms with Gasteiger partial charge in [-0.3, -0.25) is 9.59 Å². The number of likely N-dealkylation sites (N-methyl/N-ethyl adjacent to an activating group) is 1. The van der Waals surface area contributed by atoms with Gasteiger partial charge in [0.1, 0.15) is 6.04 Å². The van der Waals surface area contributed by atoms with E-state index < -0.39 is 0 Å². The lowest BCUT2D eigenvalue weighted by molar-refractivity contribution is -0.120. The molecule has 5 nitrogen and oxygen atoms in total. The third-order valence-electron chi connectivity index (χ3n) is 5.91. The van der Waals surface area contributed by atoms with Crippen molar-refractivity contribution in [3.05, 3.63) is 59.2 Å². The van der Waals surface area contributed by atoms with Gasteiger partial charge in [0, 0.05) is 25.7 Å². The highest BCUT2D eigenvalue weighted by Crippen LogP contribution is 2.39. The average molecular weight is 377 g/mol. The molecular weight excluding hydrogens is 350 g/mol. The third-order valence-corrected chi connectivity index (χ3v) is 5.91. The second-order valence-corrected chi connectivity index (χ2v) is 7.66. The van der Waals surface area contributed by atoms with Crippen LogP contribution in [0.5, 0.6) is 0 Å². The molecule has 2 aliphatic rings. The van der Waals surface area contributed by atoms with Crippen molar-refractivity contribution < 1.29 is 9.59 Å². The van der Waals surface area contributed by atoms with Crippen LogP contribution in [0.3, 0.4) is 0 Å². The van der Waals surface area contributed by atoms with Crippen molar-refractivity contribution in [2.75, 3.05) is 23.4 Å². The molecule has 1 fully saturated rings. The molecule has 28 heavy (non-hydrogen) atoms. The van der Waals surface area contributed by atoms with Crippen molar-refractivity contribution in [2.45, 2.75) is 45.2 Å². The van der Waals surface area contributed by atoms with E-state index >= 15 is 0 Å². The molecule has 0 aliphatic carbocycles. The summed E-state index contributed by atoms with van der Waals surface area (Å²) in [5.74, 6) is 0.00440. The van der Waals surface area contributed by atoms with Crippen molar-refractivity contribution in [3.8, 4) is 0 Å². The molecule has 1 atom stereocenters. The minimum absolute atomic E-state index is 0.0583. The number of rotatable bonds is 4. The van der Waals surface area contributed by atoms with Crippen LogP contribution in [0.4, 0.5) is 11.4 Å². The van der Waals surface area contributed by atoms with Gasteiger partial charge < -0.3 is 15.1 Å². The van der Waals surface area contributed by atoms with Gasteiger partial charge in [0.05, 0.1) is 11.4 Å². The molecule has 4 rings (SSSR count).